The summed E-state index contributed by atoms with van der Waals surface area (Å²) in [5.41, 5.74) is 0.725. The molecule has 3 atom stereocenters. The van der Waals surface area contributed by atoms with Crippen molar-refractivity contribution in [3.05, 3.63) is 47.5 Å². The normalized spacial score (nSPS) is 22.9. The summed E-state index contributed by atoms with van der Waals surface area (Å²) in [6.45, 7) is 1.88. The number of fused-ring (bicyclic) bond motifs is 2. The molecule has 160 valence electrons. The summed E-state index contributed by atoms with van der Waals surface area (Å²) in [6, 6.07) is 9.59. The molecule has 0 radical (unpaired) electrons. The highest BCUT2D eigenvalue weighted by atomic mass is 16.7. The van der Waals surface area contributed by atoms with Crippen LogP contribution in [0, 0.1) is 11.8 Å². The largest absolute Gasteiger partial charge is 0.466 e. The van der Waals surface area contributed by atoms with Crippen LogP contribution in [0.5, 0.6) is 23.0 Å². The average Bonchev–Trinajstić information content (AvgIpc) is 3.50. The van der Waals surface area contributed by atoms with E-state index < -0.39 is 35.7 Å². The molecule has 2 aromatic carbocycles. The number of carbonyl (C=O) groups is 3. The molecule has 0 spiro atoms. The smallest absolute Gasteiger partial charge is 0.318 e. The van der Waals surface area contributed by atoms with Crippen molar-refractivity contribution < 1.29 is 42.8 Å². The SMILES string of the molecule is CCOC(=O)[C@@H]1[C@@H](C(=O)c2ccc3c(c2)OCO3)C(=O)O[C@@H]1c1ccc2c(c1)OCO2. The molecule has 9 nitrogen and oxygen atoms in total. The molecule has 2 aromatic rings. The van der Waals surface area contributed by atoms with E-state index in [1.807, 2.05) is 0 Å². The van der Waals surface area contributed by atoms with Crippen LogP contribution in [0.2, 0.25) is 0 Å². The maximum atomic E-state index is 13.3. The summed E-state index contributed by atoms with van der Waals surface area (Å²) in [4.78, 5) is 38.9. The fraction of sp³-hybridized carbons (Fsp3) is 0.318. The van der Waals surface area contributed by atoms with Gasteiger partial charge in [-0.15, -0.1) is 0 Å². The van der Waals surface area contributed by atoms with Crippen molar-refractivity contribution in [1.29, 1.82) is 0 Å². The summed E-state index contributed by atoms with van der Waals surface area (Å²) < 4.78 is 32.0. The van der Waals surface area contributed by atoms with E-state index in [0.29, 0.717) is 28.6 Å². The molecule has 0 aliphatic carbocycles. The van der Waals surface area contributed by atoms with Crippen molar-refractivity contribution in [2.24, 2.45) is 11.8 Å². The van der Waals surface area contributed by atoms with Crippen molar-refractivity contribution in [2.75, 3.05) is 20.2 Å². The molecule has 0 aromatic heterocycles. The molecule has 0 amide bonds. The van der Waals surface area contributed by atoms with Crippen LogP contribution in [-0.4, -0.2) is 37.9 Å². The number of hydrogen-bond donors (Lipinski definition) is 0. The third kappa shape index (κ3) is 3.22. The number of ether oxygens (including phenoxy) is 6. The Kier molecular flexibility index (Phi) is 4.65. The maximum Gasteiger partial charge on any atom is 0.318 e. The van der Waals surface area contributed by atoms with Crippen LogP contribution in [0.1, 0.15) is 28.9 Å². The highest BCUT2D eigenvalue weighted by molar-refractivity contribution is 6.12. The van der Waals surface area contributed by atoms with E-state index in [0.717, 1.165) is 0 Å². The molecule has 3 aliphatic heterocycles. The zero-order valence-corrected chi connectivity index (χ0v) is 16.5. The first-order chi connectivity index (χ1) is 15.1. The molecule has 0 N–H and O–H groups in total. The first kappa shape index (κ1) is 19.2. The van der Waals surface area contributed by atoms with Crippen molar-refractivity contribution in [2.45, 2.75) is 13.0 Å². The van der Waals surface area contributed by atoms with E-state index in [2.05, 4.69) is 0 Å². The second-order valence-electron chi connectivity index (χ2n) is 7.16. The van der Waals surface area contributed by atoms with Gasteiger partial charge < -0.3 is 28.4 Å². The Morgan fingerprint density at radius 1 is 0.935 bits per heavy atom. The van der Waals surface area contributed by atoms with Crippen LogP contribution in [0.3, 0.4) is 0 Å². The first-order valence-corrected chi connectivity index (χ1v) is 9.77. The van der Waals surface area contributed by atoms with Gasteiger partial charge in [0.05, 0.1) is 6.61 Å². The van der Waals surface area contributed by atoms with E-state index in [-0.39, 0.29) is 25.8 Å². The number of ketones is 1. The Labute approximate surface area is 176 Å². The van der Waals surface area contributed by atoms with Gasteiger partial charge in [0.15, 0.2) is 28.8 Å². The number of carbonyl (C=O) groups excluding carboxylic acids is 3. The van der Waals surface area contributed by atoms with Crippen LogP contribution in [0.4, 0.5) is 0 Å². The number of cyclic esters (lactones) is 1. The summed E-state index contributed by atoms with van der Waals surface area (Å²) in [5, 5.41) is 0. The van der Waals surface area contributed by atoms with Gasteiger partial charge in [-0.1, -0.05) is 6.07 Å². The minimum Gasteiger partial charge on any atom is -0.466 e. The van der Waals surface area contributed by atoms with Crippen molar-refractivity contribution in [1.82, 2.24) is 0 Å². The van der Waals surface area contributed by atoms with Crippen molar-refractivity contribution >= 4 is 17.7 Å². The van der Waals surface area contributed by atoms with Gasteiger partial charge in [0.25, 0.3) is 0 Å². The quantitative estimate of drug-likeness (QED) is 0.405. The van der Waals surface area contributed by atoms with E-state index in [1.165, 1.54) is 12.1 Å². The predicted molar refractivity (Wildman–Crippen MR) is 102 cm³/mol. The minimum atomic E-state index is -1.35. The molecule has 3 aliphatic rings. The van der Waals surface area contributed by atoms with Gasteiger partial charge in [0.1, 0.15) is 17.9 Å². The lowest BCUT2D eigenvalue weighted by molar-refractivity contribution is -0.150. The van der Waals surface area contributed by atoms with Crippen molar-refractivity contribution in [3.8, 4) is 23.0 Å². The Hall–Kier alpha value is -3.75. The van der Waals surface area contributed by atoms with Crippen LogP contribution in [0.25, 0.3) is 0 Å². The molecule has 3 heterocycles. The topological polar surface area (TPSA) is 107 Å². The van der Waals surface area contributed by atoms with Gasteiger partial charge in [-0.05, 0) is 42.8 Å². The van der Waals surface area contributed by atoms with Gasteiger partial charge in [-0.3, -0.25) is 14.4 Å². The van der Waals surface area contributed by atoms with Gasteiger partial charge in [0, 0.05) is 5.56 Å². The number of Topliss-reactive ketones (excluding diaryl/α,β-unsaturated/α-hetero) is 1. The second kappa shape index (κ2) is 7.50. The minimum absolute atomic E-state index is 0.0517. The number of rotatable bonds is 5. The van der Waals surface area contributed by atoms with Crippen LogP contribution in [0.15, 0.2) is 36.4 Å². The van der Waals surface area contributed by atoms with E-state index >= 15 is 0 Å². The van der Waals surface area contributed by atoms with E-state index in [9.17, 15) is 14.4 Å². The Morgan fingerprint density at radius 2 is 1.58 bits per heavy atom. The highest BCUT2D eigenvalue weighted by Crippen LogP contribution is 2.45. The molecule has 1 fully saturated rings. The first-order valence-electron chi connectivity index (χ1n) is 9.77. The Balaban J connectivity index is 1.50. The lowest BCUT2D eigenvalue weighted by Gasteiger charge is -2.19. The summed E-state index contributed by atoms with van der Waals surface area (Å²) >= 11 is 0. The standard InChI is InChI=1S/C22H18O9/c1-2-26-21(24)18-17(19(23)11-3-5-13-15(7-11)29-9-27-13)22(25)31-20(18)12-4-6-14-16(8-12)30-10-28-14/h3-8,17-18,20H,2,9-10H2,1H3/t17-,18+,20+/m0/s1. The van der Waals surface area contributed by atoms with Crippen molar-refractivity contribution in [3.63, 3.8) is 0 Å². The van der Waals surface area contributed by atoms with Crippen LogP contribution >= 0.6 is 0 Å². The monoisotopic (exact) mass is 426 g/mol. The van der Waals surface area contributed by atoms with E-state index in [1.54, 1.807) is 31.2 Å². The fourth-order valence-corrected chi connectivity index (χ4v) is 3.96. The fourth-order valence-electron chi connectivity index (χ4n) is 3.96. The summed E-state index contributed by atoms with van der Waals surface area (Å²) in [5.74, 6) is -2.60. The van der Waals surface area contributed by atoms with E-state index in [4.69, 9.17) is 28.4 Å². The summed E-state index contributed by atoms with van der Waals surface area (Å²) in [7, 11) is 0. The zero-order valence-electron chi connectivity index (χ0n) is 16.5. The second-order valence-corrected chi connectivity index (χ2v) is 7.16. The average molecular weight is 426 g/mol. The van der Waals surface area contributed by atoms with Crippen LogP contribution < -0.4 is 18.9 Å². The molecule has 0 unspecified atom stereocenters. The predicted octanol–water partition coefficient (Wildman–Crippen LogP) is 2.42. The molecule has 1 saturated heterocycles. The van der Waals surface area contributed by atoms with Crippen LogP contribution in [-0.2, 0) is 19.1 Å². The number of hydrogen-bond acceptors (Lipinski definition) is 9. The maximum absolute atomic E-state index is 13.3. The van der Waals surface area contributed by atoms with Gasteiger partial charge >= 0.3 is 11.9 Å². The number of esters is 2. The third-order valence-corrected chi connectivity index (χ3v) is 5.41. The molecular weight excluding hydrogens is 408 g/mol. The molecule has 0 bridgehead atoms. The molecule has 31 heavy (non-hydrogen) atoms. The Bertz CT molecular complexity index is 1080. The lowest BCUT2D eigenvalue weighted by Crippen LogP contribution is -2.33. The Morgan fingerprint density at radius 3 is 2.29 bits per heavy atom. The van der Waals surface area contributed by atoms with Gasteiger partial charge in [0.2, 0.25) is 13.6 Å². The molecule has 9 heteroatoms. The third-order valence-electron chi connectivity index (χ3n) is 5.41. The molecule has 0 saturated carbocycles. The number of benzene rings is 2. The summed E-state index contributed by atoms with van der Waals surface area (Å²) in [6.07, 6.45) is -0.996. The van der Waals surface area contributed by atoms with Gasteiger partial charge in [-0.2, -0.15) is 0 Å². The zero-order chi connectivity index (χ0) is 21.5. The lowest BCUT2D eigenvalue weighted by atomic mass is 9.82. The van der Waals surface area contributed by atoms with Gasteiger partial charge in [-0.25, -0.2) is 0 Å². The highest BCUT2D eigenvalue weighted by Gasteiger charge is 2.54. The molecular formula is C22H18O9. The molecule has 5 rings (SSSR count).